The normalized spacial score (nSPS) is 50.8. The molecule has 3 heteroatoms. The zero-order valence-corrected chi connectivity index (χ0v) is 10.6. The van der Waals surface area contributed by atoms with E-state index in [0.29, 0.717) is 5.78 Å². The van der Waals surface area contributed by atoms with Crippen LogP contribution in [-0.4, -0.2) is 45.1 Å². The molecule has 0 aromatic rings. The maximum absolute atomic E-state index is 12.7. The Hall–Kier alpha value is -0.410. The number of ketones is 1. The molecule has 2 unspecified atom stereocenters. The van der Waals surface area contributed by atoms with Gasteiger partial charge in [-0.2, -0.15) is 0 Å². The summed E-state index contributed by atoms with van der Waals surface area (Å²) in [5.41, 5.74) is 0.0357. The van der Waals surface area contributed by atoms with E-state index >= 15 is 0 Å². The van der Waals surface area contributed by atoms with Crippen LogP contribution in [0.1, 0.15) is 26.7 Å². The second kappa shape index (κ2) is 3.30. The highest BCUT2D eigenvalue weighted by Crippen LogP contribution is 2.36. The first-order chi connectivity index (χ1) is 7.58. The number of Topliss-reactive ketones (excluding diaryl/α,β-unsaturated/α-hetero) is 1. The zero-order chi connectivity index (χ0) is 11.4. The number of carbonyl (C=O) groups is 1. The van der Waals surface area contributed by atoms with Gasteiger partial charge in [0.2, 0.25) is 0 Å². The first-order valence-electron chi connectivity index (χ1n) is 6.80. The number of carbonyl (C=O) groups excluding carboxylic acids is 1. The molecule has 0 amide bonds. The molecule has 90 valence electrons. The van der Waals surface area contributed by atoms with Gasteiger partial charge in [-0.15, -0.1) is 0 Å². The molecule has 4 fully saturated rings. The van der Waals surface area contributed by atoms with E-state index in [4.69, 9.17) is 0 Å². The molecule has 4 aliphatic heterocycles. The third kappa shape index (κ3) is 1.31. The lowest BCUT2D eigenvalue weighted by Crippen LogP contribution is -3.18. The Morgan fingerprint density at radius 2 is 1.69 bits per heavy atom. The Kier molecular flexibility index (Phi) is 2.21. The van der Waals surface area contributed by atoms with Gasteiger partial charge in [0.25, 0.3) is 0 Å². The van der Waals surface area contributed by atoms with Crippen LogP contribution in [0.3, 0.4) is 0 Å². The van der Waals surface area contributed by atoms with Gasteiger partial charge in [0.1, 0.15) is 23.9 Å². The topological polar surface area (TPSA) is 26.0 Å². The van der Waals surface area contributed by atoms with Crippen molar-refractivity contribution in [1.82, 2.24) is 0 Å². The summed E-state index contributed by atoms with van der Waals surface area (Å²) in [7, 11) is 0. The molecule has 3 nitrogen and oxygen atoms in total. The minimum absolute atomic E-state index is 0.00711. The van der Waals surface area contributed by atoms with Crippen LogP contribution in [0, 0.1) is 10.8 Å². The van der Waals surface area contributed by atoms with E-state index in [2.05, 4.69) is 13.8 Å². The molecule has 2 N–H and O–H groups in total. The smallest absolute Gasteiger partial charge is 0.167 e. The molecule has 0 spiro atoms. The maximum atomic E-state index is 12.7. The Bertz CT molecular complexity index is 310. The molecule has 4 saturated heterocycles. The summed E-state index contributed by atoms with van der Waals surface area (Å²) in [4.78, 5) is 16.1. The lowest BCUT2D eigenvalue weighted by Gasteiger charge is -2.48. The van der Waals surface area contributed by atoms with E-state index in [1.54, 1.807) is 9.80 Å². The predicted octanol–water partition coefficient (Wildman–Crippen LogP) is -1.84. The Morgan fingerprint density at radius 3 is 2.19 bits per heavy atom. The van der Waals surface area contributed by atoms with Crippen molar-refractivity contribution in [2.24, 2.45) is 10.8 Å². The van der Waals surface area contributed by atoms with Crippen molar-refractivity contribution in [1.29, 1.82) is 0 Å². The number of quaternary nitrogens is 2. The molecular weight excluding hydrogens is 200 g/mol. The van der Waals surface area contributed by atoms with Gasteiger partial charge >= 0.3 is 0 Å². The molecule has 0 radical (unpaired) electrons. The van der Waals surface area contributed by atoms with Gasteiger partial charge in [0, 0.05) is 0 Å². The zero-order valence-electron chi connectivity index (χ0n) is 10.6. The van der Waals surface area contributed by atoms with Crippen molar-refractivity contribution in [3.05, 3.63) is 0 Å². The van der Waals surface area contributed by atoms with Gasteiger partial charge in [0.15, 0.2) is 5.78 Å². The molecule has 0 aromatic heterocycles. The van der Waals surface area contributed by atoms with Gasteiger partial charge < -0.3 is 9.80 Å². The van der Waals surface area contributed by atoms with Gasteiger partial charge in [-0.05, 0) is 13.3 Å². The summed E-state index contributed by atoms with van der Waals surface area (Å²) in [5, 5.41) is 0. The van der Waals surface area contributed by atoms with E-state index in [-0.39, 0.29) is 10.8 Å². The third-order valence-corrected chi connectivity index (χ3v) is 5.05. The minimum atomic E-state index is -0.00711. The Morgan fingerprint density at radius 1 is 1.12 bits per heavy atom. The third-order valence-electron chi connectivity index (χ3n) is 5.05. The van der Waals surface area contributed by atoms with E-state index in [1.165, 1.54) is 13.1 Å². The van der Waals surface area contributed by atoms with E-state index in [9.17, 15) is 4.79 Å². The van der Waals surface area contributed by atoms with Gasteiger partial charge in [-0.1, -0.05) is 13.3 Å². The van der Waals surface area contributed by atoms with E-state index in [0.717, 1.165) is 39.0 Å². The van der Waals surface area contributed by atoms with Crippen LogP contribution in [0.4, 0.5) is 0 Å². The molecule has 0 saturated carbocycles. The second-order valence-corrected chi connectivity index (χ2v) is 6.63. The summed E-state index contributed by atoms with van der Waals surface area (Å²) >= 11 is 0. The Balaban J connectivity index is 2.02. The SMILES string of the molecule is CCCC12C[NH+]3CC[NH+](CC(C)(C3)C1=O)C2. The van der Waals surface area contributed by atoms with Crippen molar-refractivity contribution in [2.75, 3.05) is 39.3 Å². The van der Waals surface area contributed by atoms with Crippen molar-refractivity contribution in [3.8, 4) is 0 Å². The number of hydrogen-bond acceptors (Lipinski definition) is 1. The highest BCUT2D eigenvalue weighted by atomic mass is 16.1. The number of fused-ring (bicyclic) bond motifs is 1. The predicted molar refractivity (Wildman–Crippen MR) is 61.6 cm³/mol. The van der Waals surface area contributed by atoms with Crippen LogP contribution in [0.2, 0.25) is 0 Å². The molecular formula is C13H24N2O+2. The van der Waals surface area contributed by atoms with Crippen LogP contribution in [0.15, 0.2) is 0 Å². The van der Waals surface area contributed by atoms with Gasteiger partial charge in [-0.25, -0.2) is 0 Å². The first-order valence-corrected chi connectivity index (χ1v) is 6.80. The number of piperidine rings is 2. The van der Waals surface area contributed by atoms with Crippen LogP contribution in [-0.2, 0) is 4.79 Å². The molecule has 4 rings (SSSR count). The Labute approximate surface area is 97.8 Å². The molecule has 16 heavy (non-hydrogen) atoms. The van der Waals surface area contributed by atoms with Crippen molar-refractivity contribution in [2.45, 2.75) is 26.7 Å². The molecule has 4 heterocycles. The van der Waals surface area contributed by atoms with Crippen LogP contribution in [0.5, 0.6) is 0 Å². The highest BCUT2D eigenvalue weighted by molar-refractivity contribution is 5.91. The summed E-state index contributed by atoms with van der Waals surface area (Å²) in [6.07, 6.45) is 2.27. The molecule has 2 atom stereocenters. The van der Waals surface area contributed by atoms with Crippen LogP contribution in [0.25, 0.3) is 0 Å². The fraction of sp³-hybridized carbons (Fsp3) is 0.923. The van der Waals surface area contributed by atoms with Crippen molar-refractivity contribution >= 4 is 5.78 Å². The highest BCUT2D eigenvalue weighted by Gasteiger charge is 2.63. The minimum Gasteiger partial charge on any atom is -0.328 e. The maximum Gasteiger partial charge on any atom is 0.167 e. The van der Waals surface area contributed by atoms with E-state index < -0.39 is 0 Å². The van der Waals surface area contributed by atoms with Crippen LogP contribution < -0.4 is 9.80 Å². The average molecular weight is 224 g/mol. The van der Waals surface area contributed by atoms with Crippen LogP contribution >= 0.6 is 0 Å². The van der Waals surface area contributed by atoms with Gasteiger partial charge in [0.05, 0.1) is 26.2 Å². The monoisotopic (exact) mass is 224 g/mol. The number of hydrogen-bond donors (Lipinski definition) is 2. The summed E-state index contributed by atoms with van der Waals surface area (Å²) in [5.74, 6) is 0.608. The standard InChI is InChI=1S/C13H22N2O/c1-3-4-13-9-14-5-6-15(10-13)8-12(2,7-14)11(13)16/h3-10H2,1-2H3/p+2. The molecule has 4 aliphatic rings. The number of rotatable bonds is 2. The lowest BCUT2D eigenvalue weighted by molar-refractivity contribution is -0.918. The quantitative estimate of drug-likeness (QED) is 0.566. The van der Waals surface area contributed by atoms with E-state index in [1.807, 2.05) is 0 Å². The molecule has 0 aliphatic carbocycles. The summed E-state index contributed by atoms with van der Waals surface area (Å²) in [6, 6.07) is 0. The number of nitrogens with one attached hydrogen (secondary N) is 2. The fourth-order valence-corrected chi connectivity index (χ4v) is 4.75. The van der Waals surface area contributed by atoms with Crippen molar-refractivity contribution < 1.29 is 14.6 Å². The first kappa shape index (κ1) is 10.7. The van der Waals surface area contributed by atoms with Gasteiger partial charge in [-0.3, -0.25) is 4.79 Å². The average Bonchev–Trinajstić information content (AvgIpc) is 2.42. The molecule has 0 aromatic carbocycles. The van der Waals surface area contributed by atoms with Crippen molar-refractivity contribution in [3.63, 3.8) is 0 Å². The largest absolute Gasteiger partial charge is 0.328 e. The lowest BCUT2D eigenvalue weighted by atomic mass is 9.62. The second-order valence-electron chi connectivity index (χ2n) is 6.63. The summed E-state index contributed by atoms with van der Waals surface area (Å²) in [6.45, 7) is 11.5. The summed E-state index contributed by atoms with van der Waals surface area (Å²) < 4.78 is 0. The fourth-order valence-electron chi connectivity index (χ4n) is 4.75. The molecule has 4 bridgehead atoms.